The molecule has 6 rings (SSSR count). The predicted octanol–water partition coefficient (Wildman–Crippen LogP) is 10.1. The van der Waals surface area contributed by atoms with Crippen molar-refractivity contribution in [3.05, 3.63) is 47.0 Å². The van der Waals surface area contributed by atoms with Gasteiger partial charge in [0.05, 0.1) is 17.4 Å². The van der Waals surface area contributed by atoms with Gasteiger partial charge in [-0.1, -0.05) is 90.8 Å². The molecule has 1 aromatic carbocycles. The number of carbonyl (C=O) groups excluding carboxylic acids is 3. The Kier molecular flexibility index (Phi) is 11.3. The van der Waals surface area contributed by atoms with Gasteiger partial charge < -0.3 is 20.5 Å². The second-order valence-corrected chi connectivity index (χ2v) is 20.5. The number of ketones is 1. The Morgan fingerprint density at radius 2 is 1.64 bits per heavy atom. The summed E-state index contributed by atoms with van der Waals surface area (Å²) in [6, 6.07) is 10.1. The van der Waals surface area contributed by atoms with Gasteiger partial charge in [-0.25, -0.2) is 4.79 Å². The summed E-state index contributed by atoms with van der Waals surface area (Å²) in [6.07, 6.45) is 12.2. The summed E-state index contributed by atoms with van der Waals surface area (Å²) in [5.41, 5.74) is 1.54. The van der Waals surface area contributed by atoms with Gasteiger partial charge in [0.25, 0.3) is 0 Å². The lowest BCUT2D eigenvalue weighted by molar-refractivity contribution is -0.169. The van der Waals surface area contributed by atoms with Crippen molar-refractivity contribution in [2.45, 2.75) is 164 Å². The minimum absolute atomic E-state index is 0.00372. The van der Waals surface area contributed by atoms with Crippen LogP contribution in [0.25, 0.3) is 0 Å². The normalized spacial score (nSPS) is 33.7. The van der Waals surface area contributed by atoms with Crippen molar-refractivity contribution in [2.24, 2.45) is 50.7 Å². The van der Waals surface area contributed by atoms with Crippen LogP contribution in [-0.2, 0) is 24.7 Å². The molecular formula is C47H70N2O6. The van der Waals surface area contributed by atoms with Crippen LogP contribution in [0.15, 0.2) is 41.5 Å². The van der Waals surface area contributed by atoms with Gasteiger partial charge in [0.1, 0.15) is 6.10 Å². The summed E-state index contributed by atoms with van der Waals surface area (Å²) in [6.45, 7) is 19.9. The van der Waals surface area contributed by atoms with E-state index in [1.165, 1.54) is 5.57 Å². The summed E-state index contributed by atoms with van der Waals surface area (Å²) in [5, 5.41) is 16.2. The molecule has 3 N–H and O–H groups in total. The molecule has 0 aromatic heterocycles. The molecule has 304 valence electrons. The molecule has 2 amide bonds. The van der Waals surface area contributed by atoms with Gasteiger partial charge in [-0.05, 0) is 130 Å². The van der Waals surface area contributed by atoms with Crippen LogP contribution in [0.1, 0.15) is 158 Å². The van der Waals surface area contributed by atoms with Gasteiger partial charge >= 0.3 is 18.0 Å². The average molecular weight is 759 g/mol. The number of amides is 2. The Hall–Kier alpha value is -3.16. The molecular weight excluding hydrogens is 689 g/mol. The largest absolute Gasteiger partial charge is 0.481 e. The fraction of sp³-hybridized carbons (Fsp3) is 0.745. The molecule has 4 saturated carbocycles. The third kappa shape index (κ3) is 7.42. The zero-order valence-electron chi connectivity index (χ0n) is 35.4. The zero-order valence-corrected chi connectivity index (χ0v) is 35.4. The Morgan fingerprint density at radius 3 is 2.25 bits per heavy atom. The van der Waals surface area contributed by atoms with Crippen molar-refractivity contribution in [2.75, 3.05) is 6.54 Å². The van der Waals surface area contributed by atoms with Gasteiger partial charge in [0.15, 0.2) is 5.78 Å². The molecule has 0 spiro atoms. The number of ether oxygens (including phenoxy) is 1. The van der Waals surface area contributed by atoms with E-state index in [0.717, 1.165) is 88.2 Å². The van der Waals surface area contributed by atoms with Crippen LogP contribution >= 0.6 is 0 Å². The molecule has 1 aromatic rings. The lowest BCUT2D eigenvalue weighted by atomic mass is 9.40. The van der Waals surface area contributed by atoms with Crippen LogP contribution in [-0.4, -0.2) is 41.5 Å². The Morgan fingerprint density at radius 1 is 0.945 bits per heavy atom. The maximum absolute atomic E-state index is 14.1. The molecule has 0 bridgehead atoms. The summed E-state index contributed by atoms with van der Waals surface area (Å²) in [7, 11) is 0. The molecule has 7 atom stereocenters. The second-order valence-electron chi connectivity index (χ2n) is 20.5. The number of nitrogens with one attached hydrogen (secondary N) is 2. The van der Waals surface area contributed by atoms with Crippen LogP contribution in [0.4, 0.5) is 4.79 Å². The second kappa shape index (κ2) is 15.0. The van der Waals surface area contributed by atoms with E-state index in [2.05, 4.69) is 71.2 Å². The van der Waals surface area contributed by atoms with Gasteiger partial charge in [-0.3, -0.25) is 14.4 Å². The van der Waals surface area contributed by atoms with Crippen molar-refractivity contribution in [3.8, 4) is 0 Å². The average Bonchev–Trinajstić information content (AvgIpc) is 3.83. The molecule has 5 aliphatic rings. The Balaban J connectivity index is 1.22. The van der Waals surface area contributed by atoms with Crippen molar-refractivity contribution in [3.63, 3.8) is 0 Å². The lowest BCUT2D eigenvalue weighted by Gasteiger charge is -2.64. The van der Waals surface area contributed by atoms with Gasteiger partial charge in [0, 0.05) is 23.8 Å². The van der Waals surface area contributed by atoms with Crippen LogP contribution in [0.5, 0.6) is 0 Å². The minimum Gasteiger partial charge on any atom is -0.481 e. The van der Waals surface area contributed by atoms with E-state index in [4.69, 9.17) is 4.74 Å². The number of hydrogen-bond donors (Lipinski definition) is 3. The van der Waals surface area contributed by atoms with Crippen LogP contribution < -0.4 is 10.6 Å². The molecule has 4 unspecified atom stereocenters. The monoisotopic (exact) mass is 759 g/mol. The number of esters is 1. The number of hydrogen-bond acceptors (Lipinski definition) is 5. The lowest BCUT2D eigenvalue weighted by Crippen LogP contribution is -2.58. The molecule has 55 heavy (non-hydrogen) atoms. The highest BCUT2D eigenvalue weighted by Crippen LogP contribution is 2.71. The summed E-state index contributed by atoms with van der Waals surface area (Å²) < 4.78 is 6.11. The van der Waals surface area contributed by atoms with Crippen molar-refractivity contribution < 1.29 is 29.0 Å². The maximum Gasteiger partial charge on any atom is 0.315 e. The number of carboxylic acids is 1. The fourth-order valence-corrected chi connectivity index (χ4v) is 12.3. The summed E-state index contributed by atoms with van der Waals surface area (Å²) in [5.74, 6) is 0.215. The third-order valence-electron chi connectivity index (χ3n) is 16.3. The first-order valence-corrected chi connectivity index (χ1v) is 21.6. The quantitative estimate of drug-likeness (QED) is 0.172. The number of carboxylic acid groups (broad SMARTS) is 1. The van der Waals surface area contributed by atoms with Crippen LogP contribution in [0, 0.1) is 50.7 Å². The highest BCUT2D eigenvalue weighted by molar-refractivity contribution is 6.00. The summed E-state index contributed by atoms with van der Waals surface area (Å²) >= 11 is 0. The minimum atomic E-state index is -1.16. The molecule has 0 aliphatic heterocycles. The number of Topliss-reactive ketones (excluding diaryl/α,β-unsaturated/α-hetero) is 1. The number of allylic oxidation sites excluding steroid dienone is 1. The van der Waals surface area contributed by atoms with E-state index < -0.39 is 17.4 Å². The number of carbonyl (C=O) groups is 4. The van der Waals surface area contributed by atoms with Gasteiger partial charge in [0.2, 0.25) is 0 Å². The first-order chi connectivity index (χ1) is 25.8. The van der Waals surface area contributed by atoms with E-state index in [1.807, 2.05) is 18.2 Å². The van der Waals surface area contributed by atoms with Crippen molar-refractivity contribution >= 4 is 23.8 Å². The van der Waals surface area contributed by atoms with E-state index in [1.54, 1.807) is 13.8 Å². The van der Waals surface area contributed by atoms with Crippen molar-refractivity contribution in [1.82, 2.24) is 10.6 Å². The van der Waals surface area contributed by atoms with E-state index in [0.29, 0.717) is 24.8 Å². The Labute approximate surface area is 330 Å². The van der Waals surface area contributed by atoms with E-state index in [9.17, 15) is 24.3 Å². The first-order valence-electron chi connectivity index (χ1n) is 21.6. The molecule has 4 fully saturated rings. The Bertz CT molecular complexity index is 1670. The van der Waals surface area contributed by atoms with Crippen LogP contribution in [0.2, 0.25) is 0 Å². The van der Waals surface area contributed by atoms with Crippen LogP contribution in [0.3, 0.4) is 0 Å². The van der Waals surface area contributed by atoms with E-state index >= 15 is 0 Å². The smallest absolute Gasteiger partial charge is 0.315 e. The number of aliphatic carboxylic acids is 1. The standard InChI is InChI=1S/C47H70N2O6/c1-10-31-19-20-34-39-38(30(2)3)35(50)27-46(39,29-48-41(54)49-47(25-26-47)33-15-12-11-13-16-33)24-23-45(34,9)44(31,8)22-21-32-17-14-18-36(43(32,6)7)55-37(51)28-42(4,5)40(52)53/h11-13,15-16,30-32,34,36H,10,14,17-29H2,1-9H3,(H,52,53)(H2,48,49,54)/t31?,32?,34?,36-,44+,45+,46?/m0/s1. The SMILES string of the molecule is CCC1CCC2C3=C(C(C)C)C(=O)CC3(CNC(=O)NC3(c4ccccc4)CC3)CC[C@@]2(C)[C@]1(C)CCC1CCC[C@H](OC(=O)CC(C)(C)C(=O)O)C1(C)C. The predicted molar refractivity (Wildman–Crippen MR) is 216 cm³/mol. The summed E-state index contributed by atoms with van der Waals surface area (Å²) in [4.78, 5) is 52.5. The van der Waals surface area contributed by atoms with E-state index in [-0.39, 0.29) is 63.4 Å². The molecule has 0 radical (unpaired) electrons. The van der Waals surface area contributed by atoms with Gasteiger partial charge in [-0.15, -0.1) is 0 Å². The highest BCUT2D eigenvalue weighted by Gasteiger charge is 2.64. The molecule has 8 heteroatoms. The number of urea groups is 1. The fourth-order valence-electron chi connectivity index (χ4n) is 12.3. The number of fused-ring (bicyclic) bond motifs is 3. The molecule has 5 aliphatic carbocycles. The zero-order chi connectivity index (χ0) is 40.2. The number of benzene rings is 1. The topological polar surface area (TPSA) is 122 Å². The molecule has 8 nitrogen and oxygen atoms in total. The maximum atomic E-state index is 14.1. The number of rotatable bonds is 13. The molecule has 0 saturated heterocycles. The van der Waals surface area contributed by atoms with Gasteiger partial charge in [-0.2, -0.15) is 0 Å². The molecule has 0 heterocycles. The van der Waals surface area contributed by atoms with Crippen molar-refractivity contribution in [1.29, 1.82) is 0 Å². The highest BCUT2D eigenvalue weighted by atomic mass is 16.5. The third-order valence-corrected chi connectivity index (χ3v) is 16.3. The first kappa shape index (κ1) is 41.5.